The highest BCUT2D eigenvalue weighted by Gasteiger charge is 2.24. The number of aromatic nitrogens is 1. The average Bonchev–Trinajstić information content (AvgIpc) is 3.44. The van der Waals surface area contributed by atoms with Gasteiger partial charge < -0.3 is 30.6 Å². The number of piperidine rings is 1. The molecule has 51 heavy (non-hydrogen) atoms. The number of nitrogens with one attached hydrogen (secondary N) is 2. The molecule has 1 aliphatic heterocycles. The van der Waals surface area contributed by atoms with Gasteiger partial charge in [-0.2, -0.15) is 0 Å². The predicted molar refractivity (Wildman–Crippen MR) is 218 cm³/mol. The van der Waals surface area contributed by atoms with Crippen molar-refractivity contribution in [3.63, 3.8) is 0 Å². The maximum absolute atomic E-state index is 15.0. The molecule has 2 atom stereocenters. The third kappa shape index (κ3) is 12.6. The van der Waals surface area contributed by atoms with Crippen LogP contribution in [0.3, 0.4) is 0 Å². The fourth-order valence-electron chi connectivity index (χ4n) is 6.57. The maximum atomic E-state index is 15.0. The summed E-state index contributed by atoms with van der Waals surface area (Å²) in [6, 6.07) is 13.4. The van der Waals surface area contributed by atoms with Crippen LogP contribution in [0.2, 0.25) is 0 Å². The molecule has 3 aromatic rings. The second-order valence-corrected chi connectivity index (χ2v) is 18.4. The zero-order valence-corrected chi connectivity index (χ0v) is 33.9. The van der Waals surface area contributed by atoms with Crippen LogP contribution in [0.4, 0.5) is 15.8 Å². The van der Waals surface area contributed by atoms with Gasteiger partial charge in [0.2, 0.25) is 10.0 Å². The van der Waals surface area contributed by atoms with Crippen molar-refractivity contribution in [3.05, 3.63) is 48.2 Å². The predicted octanol–water partition coefficient (Wildman–Crippen LogP) is 7.08. The summed E-state index contributed by atoms with van der Waals surface area (Å²) in [6.07, 6.45) is 12.3. The topological polar surface area (TPSA) is 105 Å². The van der Waals surface area contributed by atoms with Crippen LogP contribution in [0.1, 0.15) is 76.3 Å². The van der Waals surface area contributed by atoms with Gasteiger partial charge in [0.1, 0.15) is 5.75 Å². The van der Waals surface area contributed by atoms with Crippen molar-refractivity contribution in [2.24, 2.45) is 5.73 Å². The van der Waals surface area contributed by atoms with Crippen molar-refractivity contribution in [2.75, 3.05) is 64.6 Å². The molecule has 0 aliphatic carbocycles. The van der Waals surface area contributed by atoms with Crippen LogP contribution in [-0.2, 0) is 16.6 Å². The van der Waals surface area contributed by atoms with Gasteiger partial charge >= 0.3 is 0 Å². The van der Waals surface area contributed by atoms with Crippen molar-refractivity contribution in [1.29, 1.82) is 0 Å². The minimum atomic E-state index is -3.66. The van der Waals surface area contributed by atoms with Crippen LogP contribution < -0.4 is 21.1 Å². The molecular weight excluding hydrogens is 701 g/mol. The number of hydrogen-bond donors (Lipinski definition) is 3. The number of benzene rings is 2. The van der Waals surface area contributed by atoms with Crippen LogP contribution in [0, 0.1) is 11.8 Å². The zero-order chi connectivity index (χ0) is 36.9. The molecule has 0 amide bonds. The molecule has 1 aliphatic rings. The highest BCUT2D eigenvalue weighted by molar-refractivity contribution is 7.89. The van der Waals surface area contributed by atoms with E-state index in [-0.39, 0.29) is 18.0 Å². The van der Waals surface area contributed by atoms with E-state index in [1.54, 1.807) is 25.2 Å². The lowest BCUT2D eigenvalue weighted by atomic mass is 10.0. The number of ether oxygens (including phenoxy) is 1. The van der Waals surface area contributed by atoms with Crippen molar-refractivity contribution >= 4 is 50.8 Å². The molecule has 0 radical (unpaired) electrons. The number of sulfonamides is 1. The third-order valence-electron chi connectivity index (χ3n) is 9.57. The standard InChI is InChI=1S/C38H59FN6O3P2S/c1-43-25-20-30(21-26-43)42-34-16-13-17-36-33(34)27-31(45(36)29-38(39,49)50)15-14-23-41-35-19-18-32(28-37(35)48-3)51(46,47)44(2)24-12-10-8-6-4-5-7-9-11-22-40/h13,16-19,27-28,30,41-42H,4-12,20-26,29,40,49-50H2,1-3H3. The Bertz CT molecular complexity index is 1710. The van der Waals surface area contributed by atoms with E-state index in [2.05, 4.69) is 59.0 Å². The number of likely N-dealkylation sites (tertiary alicyclic amines) is 1. The molecule has 2 unspecified atom stereocenters. The van der Waals surface area contributed by atoms with Gasteiger partial charge in [-0.3, -0.25) is 0 Å². The van der Waals surface area contributed by atoms with Crippen LogP contribution in [0.15, 0.2) is 47.4 Å². The Morgan fingerprint density at radius 3 is 2.31 bits per heavy atom. The van der Waals surface area contributed by atoms with Gasteiger partial charge in [-0.15, -0.1) is 0 Å². The summed E-state index contributed by atoms with van der Waals surface area (Å²) in [5, 5.41) is 6.42. The lowest BCUT2D eigenvalue weighted by Crippen LogP contribution is -2.36. The lowest BCUT2D eigenvalue weighted by molar-refractivity contribution is 0.264. The van der Waals surface area contributed by atoms with E-state index in [9.17, 15) is 12.8 Å². The minimum Gasteiger partial charge on any atom is -0.495 e. The summed E-state index contributed by atoms with van der Waals surface area (Å²) in [5.41, 5.74) is 8.86. The Hall–Kier alpha value is -2.44. The number of nitrogens with zero attached hydrogens (tertiary/aromatic N) is 3. The molecule has 2 aromatic carbocycles. The Balaban J connectivity index is 1.38. The third-order valence-corrected chi connectivity index (χ3v) is 11.8. The Morgan fingerprint density at radius 1 is 1.00 bits per heavy atom. The molecule has 0 bridgehead atoms. The van der Waals surface area contributed by atoms with Gasteiger partial charge in [-0.1, -0.05) is 75.4 Å². The molecule has 9 nitrogen and oxygen atoms in total. The van der Waals surface area contributed by atoms with E-state index in [0.29, 0.717) is 29.7 Å². The number of nitrogens with two attached hydrogens (primary N) is 1. The first kappa shape index (κ1) is 41.3. The highest BCUT2D eigenvalue weighted by atomic mass is 32.2. The second kappa shape index (κ2) is 20.1. The number of anilines is 2. The van der Waals surface area contributed by atoms with Gasteiger partial charge in [-0.05, 0) is 88.6 Å². The number of fused-ring (bicyclic) bond motifs is 1. The van der Waals surface area contributed by atoms with E-state index < -0.39 is 15.2 Å². The Morgan fingerprint density at radius 2 is 1.67 bits per heavy atom. The molecule has 0 saturated carbocycles. The normalized spacial score (nSPS) is 14.5. The maximum Gasteiger partial charge on any atom is 0.242 e. The van der Waals surface area contributed by atoms with E-state index in [0.717, 1.165) is 74.7 Å². The number of alkyl halides is 1. The van der Waals surface area contributed by atoms with E-state index in [4.69, 9.17) is 10.5 Å². The summed E-state index contributed by atoms with van der Waals surface area (Å²) in [4.78, 5) is 2.54. The number of hydrogen-bond acceptors (Lipinski definition) is 7. The van der Waals surface area contributed by atoms with Crippen molar-refractivity contribution in [3.8, 4) is 17.6 Å². The van der Waals surface area contributed by atoms with Crippen LogP contribution in [-0.4, -0.2) is 87.3 Å². The van der Waals surface area contributed by atoms with E-state index >= 15 is 0 Å². The summed E-state index contributed by atoms with van der Waals surface area (Å²) >= 11 is 0. The van der Waals surface area contributed by atoms with Gasteiger partial charge in [0.25, 0.3) is 0 Å². The lowest BCUT2D eigenvalue weighted by Gasteiger charge is -2.30. The number of unbranched alkanes of at least 4 members (excludes halogenated alkanes) is 8. The quantitative estimate of drug-likeness (QED) is 0.0643. The molecular formula is C38H59FN6O3P2S. The summed E-state index contributed by atoms with van der Waals surface area (Å²) in [6.45, 7) is 3.74. The van der Waals surface area contributed by atoms with E-state index in [1.807, 2.05) is 22.8 Å². The largest absolute Gasteiger partial charge is 0.495 e. The molecule has 282 valence electrons. The molecule has 0 spiro atoms. The summed E-state index contributed by atoms with van der Waals surface area (Å²) in [5.74, 6) is 6.85. The average molecular weight is 761 g/mol. The first-order chi connectivity index (χ1) is 24.4. The molecule has 1 aromatic heterocycles. The van der Waals surface area contributed by atoms with Crippen molar-refractivity contribution in [2.45, 2.75) is 93.3 Å². The fourth-order valence-corrected chi connectivity index (χ4v) is 8.16. The Labute approximate surface area is 310 Å². The second-order valence-electron chi connectivity index (χ2n) is 13.8. The highest BCUT2D eigenvalue weighted by Crippen LogP contribution is 2.35. The first-order valence-electron chi connectivity index (χ1n) is 18.3. The fraction of sp³-hybridized carbons (Fsp3) is 0.579. The monoisotopic (exact) mass is 760 g/mol. The smallest absolute Gasteiger partial charge is 0.242 e. The van der Waals surface area contributed by atoms with Gasteiger partial charge in [0, 0.05) is 36.8 Å². The summed E-state index contributed by atoms with van der Waals surface area (Å²) in [7, 11) is 6.16. The van der Waals surface area contributed by atoms with Crippen LogP contribution in [0.25, 0.3) is 10.9 Å². The Kier molecular flexibility index (Phi) is 16.3. The number of rotatable bonds is 20. The van der Waals surface area contributed by atoms with Crippen LogP contribution in [0.5, 0.6) is 5.75 Å². The van der Waals surface area contributed by atoms with Gasteiger partial charge in [-0.25, -0.2) is 17.1 Å². The van der Waals surface area contributed by atoms with Gasteiger partial charge in [0.15, 0.2) is 5.15 Å². The zero-order valence-electron chi connectivity index (χ0n) is 30.7. The first-order valence-corrected chi connectivity index (χ1v) is 20.9. The molecule has 1 fully saturated rings. The summed E-state index contributed by atoms with van der Waals surface area (Å²) < 4.78 is 50.6. The molecule has 4 rings (SSSR count). The molecule has 2 heterocycles. The molecule has 1 saturated heterocycles. The van der Waals surface area contributed by atoms with Crippen molar-refractivity contribution < 1.29 is 17.5 Å². The minimum absolute atomic E-state index is 0.106. The SMILES string of the molecule is COc1cc(S(=O)(=O)N(C)CCCCCCCCCCCN)ccc1NCC#Cc1cc2c(NC3CCN(C)CC3)cccc2n1CC(F)(P)P. The van der Waals surface area contributed by atoms with E-state index in [1.165, 1.54) is 43.5 Å². The van der Waals surface area contributed by atoms with Gasteiger partial charge in [0.05, 0.1) is 42.0 Å². The van der Waals surface area contributed by atoms with Crippen molar-refractivity contribution in [1.82, 2.24) is 13.8 Å². The van der Waals surface area contributed by atoms with Crippen LogP contribution >= 0.6 is 18.5 Å². The number of halogens is 1. The molecule has 4 N–H and O–H groups in total. The molecule has 13 heteroatoms. The number of methoxy groups -OCH3 is 1.